The summed E-state index contributed by atoms with van der Waals surface area (Å²) in [4.78, 5) is 11.3. The molecule has 1 aromatic rings. The maximum absolute atomic E-state index is 11.3. The van der Waals surface area contributed by atoms with Gasteiger partial charge in [-0.2, -0.15) is 5.10 Å². The number of hydrogen-bond acceptors (Lipinski definition) is 4. The molecule has 1 aliphatic rings. The molecule has 1 saturated carbocycles. The van der Waals surface area contributed by atoms with E-state index in [1.807, 2.05) is 0 Å². The van der Waals surface area contributed by atoms with E-state index >= 15 is 0 Å². The van der Waals surface area contributed by atoms with E-state index in [4.69, 9.17) is 9.47 Å². The summed E-state index contributed by atoms with van der Waals surface area (Å²) in [6.45, 7) is 0.830. The van der Waals surface area contributed by atoms with Crippen LogP contribution in [0.2, 0.25) is 0 Å². The molecule has 0 amide bonds. The Balaban J connectivity index is 2.13. The number of ether oxygens (including phenoxy) is 2. The van der Waals surface area contributed by atoms with Gasteiger partial charge >= 0.3 is 5.97 Å². The zero-order chi connectivity index (χ0) is 13.0. The van der Waals surface area contributed by atoms with E-state index in [2.05, 4.69) is 5.10 Å². The van der Waals surface area contributed by atoms with Crippen LogP contribution in [0.1, 0.15) is 36.2 Å². The van der Waals surface area contributed by atoms with Crippen LogP contribution in [0.3, 0.4) is 0 Å². The summed E-state index contributed by atoms with van der Waals surface area (Å²) in [6.07, 6.45) is 5.88. The highest BCUT2D eigenvalue weighted by molar-refractivity contribution is 5.88. The largest absolute Gasteiger partial charge is 0.486 e. The Morgan fingerprint density at radius 3 is 2.89 bits per heavy atom. The summed E-state index contributed by atoms with van der Waals surface area (Å²) in [5.74, 6) is -0.651. The molecular formula is C12H18N2O4. The molecule has 0 saturated heterocycles. The van der Waals surface area contributed by atoms with Gasteiger partial charge in [0.1, 0.15) is 0 Å². The van der Waals surface area contributed by atoms with Crippen molar-refractivity contribution < 1.29 is 19.4 Å². The van der Waals surface area contributed by atoms with Crippen molar-refractivity contribution in [1.29, 1.82) is 0 Å². The average Bonchev–Trinajstić information content (AvgIpc) is 2.96. The topological polar surface area (TPSA) is 73.6 Å². The summed E-state index contributed by atoms with van der Waals surface area (Å²) in [6, 6.07) is 0. The van der Waals surface area contributed by atoms with Crippen LogP contribution in [0.15, 0.2) is 6.20 Å². The number of hydrogen-bond donors (Lipinski definition) is 1. The van der Waals surface area contributed by atoms with Gasteiger partial charge in [0.2, 0.25) is 0 Å². The van der Waals surface area contributed by atoms with Gasteiger partial charge in [-0.05, 0) is 25.7 Å². The lowest BCUT2D eigenvalue weighted by atomic mass is 10.3. The monoisotopic (exact) mass is 254 g/mol. The molecule has 1 aromatic heterocycles. The number of aromatic nitrogens is 2. The van der Waals surface area contributed by atoms with Gasteiger partial charge in [0, 0.05) is 7.11 Å². The normalized spacial score (nSPS) is 16.1. The lowest BCUT2D eigenvalue weighted by Crippen LogP contribution is -2.16. The second-order valence-electron chi connectivity index (χ2n) is 4.40. The smallest absolute Gasteiger partial charge is 0.358 e. The van der Waals surface area contributed by atoms with Crippen LogP contribution in [0.5, 0.6) is 5.75 Å². The predicted molar refractivity (Wildman–Crippen MR) is 63.9 cm³/mol. The minimum Gasteiger partial charge on any atom is -0.486 e. The van der Waals surface area contributed by atoms with Crippen LogP contribution in [0.25, 0.3) is 0 Å². The molecular weight excluding hydrogens is 236 g/mol. The van der Waals surface area contributed by atoms with Crippen LogP contribution < -0.4 is 4.74 Å². The molecule has 0 bridgehead atoms. The van der Waals surface area contributed by atoms with Gasteiger partial charge in [-0.3, -0.25) is 4.68 Å². The number of aromatic carboxylic acids is 1. The number of rotatable bonds is 6. The minimum atomic E-state index is -1.02. The fraction of sp³-hybridized carbons (Fsp3) is 0.667. The van der Waals surface area contributed by atoms with Crippen molar-refractivity contribution in [2.75, 3.05) is 13.7 Å². The van der Waals surface area contributed by atoms with E-state index < -0.39 is 5.97 Å². The van der Waals surface area contributed by atoms with E-state index in [1.54, 1.807) is 7.11 Å². The Morgan fingerprint density at radius 1 is 1.56 bits per heavy atom. The van der Waals surface area contributed by atoms with Gasteiger partial charge < -0.3 is 14.6 Å². The highest BCUT2D eigenvalue weighted by Crippen LogP contribution is 2.26. The van der Waals surface area contributed by atoms with Gasteiger partial charge in [-0.25, -0.2) is 4.79 Å². The van der Waals surface area contributed by atoms with Gasteiger partial charge in [0.25, 0.3) is 0 Å². The van der Waals surface area contributed by atoms with Crippen molar-refractivity contribution in [1.82, 2.24) is 9.78 Å². The van der Waals surface area contributed by atoms with Crippen LogP contribution in [0.4, 0.5) is 0 Å². The zero-order valence-corrected chi connectivity index (χ0v) is 10.5. The van der Waals surface area contributed by atoms with Crippen molar-refractivity contribution in [3.05, 3.63) is 11.9 Å². The first kappa shape index (κ1) is 12.9. The third kappa shape index (κ3) is 2.81. The van der Waals surface area contributed by atoms with Crippen LogP contribution in [-0.2, 0) is 11.3 Å². The molecule has 0 radical (unpaired) electrons. The second kappa shape index (κ2) is 5.86. The first-order valence-corrected chi connectivity index (χ1v) is 6.17. The third-order valence-corrected chi connectivity index (χ3v) is 3.11. The number of methoxy groups -OCH3 is 1. The summed E-state index contributed by atoms with van der Waals surface area (Å²) in [5, 5.41) is 13.3. The summed E-state index contributed by atoms with van der Waals surface area (Å²) < 4.78 is 12.1. The maximum Gasteiger partial charge on any atom is 0.358 e. The van der Waals surface area contributed by atoms with Crippen LogP contribution in [-0.4, -0.2) is 40.7 Å². The van der Waals surface area contributed by atoms with Crippen molar-refractivity contribution in [2.45, 2.75) is 38.3 Å². The van der Waals surface area contributed by atoms with Gasteiger partial charge in [0.15, 0.2) is 11.4 Å². The standard InChI is InChI=1S/C12H18N2O4/c1-17-7-6-14-11(12(15)16)10(8-13-14)18-9-4-2-3-5-9/h8-9H,2-7H2,1H3,(H,15,16). The molecule has 18 heavy (non-hydrogen) atoms. The molecule has 6 heteroatoms. The molecule has 2 rings (SSSR count). The second-order valence-corrected chi connectivity index (χ2v) is 4.40. The Kier molecular flexibility index (Phi) is 4.19. The number of carboxylic acids is 1. The molecule has 1 fully saturated rings. The predicted octanol–water partition coefficient (Wildman–Crippen LogP) is 1.55. The van der Waals surface area contributed by atoms with Crippen molar-refractivity contribution in [2.24, 2.45) is 0 Å². The minimum absolute atomic E-state index is 0.110. The summed E-state index contributed by atoms with van der Waals surface area (Å²) in [7, 11) is 1.57. The molecule has 0 aromatic carbocycles. The van der Waals surface area contributed by atoms with E-state index in [9.17, 15) is 9.90 Å². The lowest BCUT2D eigenvalue weighted by Gasteiger charge is -2.12. The molecule has 1 N–H and O–H groups in total. The Hall–Kier alpha value is -1.56. The lowest BCUT2D eigenvalue weighted by molar-refractivity contribution is 0.0672. The fourth-order valence-electron chi connectivity index (χ4n) is 2.20. The van der Waals surface area contributed by atoms with Gasteiger partial charge in [-0.15, -0.1) is 0 Å². The van der Waals surface area contributed by atoms with E-state index in [0.717, 1.165) is 25.7 Å². The molecule has 1 aliphatic carbocycles. The van der Waals surface area contributed by atoms with Gasteiger partial charge in [-0.1, -0.05) is 0 Å². The van der Waals surface area contributed by atoms with Gasteiger partial charge in [0.05, 0.1) is 25.5 Å². The third-order valence-electron chi connectivity index (χ3n) is 3.11. The molecule has 0 atom stereocenters. The Bertz CT molecular complexity index is 410. The van der Waals surface area contributed by atoms with E-state index in [1.165, 1.54) is 10.9 Å². The molecule has 0 spiro atoms. The first-order valence-electron chi connectivity index (χ1n) is 6.17. The summed E-state index contributed by atoms with van der Waals surface area (Å²) in [5.41, 5.74) is 0.110. The molecule has 6 nitrogen and oxygen atoms in total. The number of carbonyl (C=O) groups is 1. The highest BCUT2D eigenvalue weighted by atomic mass is 16.5. The fourth-order valence-corrected chi connectivity index (χ4v) is 2.20. The van der Waals surface area contributed by atoms with Crippen molar-refractivity contribution in [3.63, 3.8) is 0 Å². The zero-order valence-electron chi connectivity index (χ0n) is 10.5. The molecule has 1 heterocycles. The van der Waals surface area contributed by atoms with Crippen molar-refractivity contribution in [3.8, 4) is 5.75 Å². The highest BCUT2D eigenvalue weighted by Gasteiger charge is 2.23. The number of carboxylic acid groups (broad SMARTS) is 1. The molecule has 100 valence electrons. The van der Waals surface area contributed by atoms with E-state index in [-0.39, 0.29) is 11.8 Å². The quantitative estimate of drug-likeness (QED) is 0.833. The molecule has 0 aliphatic heterocycles. The Morgan fingerprint density at radius 2 is 2.28 bits per heavy atom. The average molecular weight is 254 g/mol. The van der Waals surface area contributed by atoms with E-state index in [0.29, 0.717) is 18.9 Å². The number of nitrogens with zero attached hydrogens (tertiary/aromatic N) is 2. The maximum atomic E-state index is 11.3. The van der Waals surface area contributed by atoms with Crippen LogP contribution >= 0.6 is 0 Å². The molecule has 0 unspecified atom stereocenters. The van der Waals surface area contributed by atoms with Crippen molar-refractivity contribution >= 4 is 5.97 Å². The SMILES string of the molecule is COCCn1ncc(OC2CCCC2)c1C(=O)O. The Labute approximate surface area is 106 Å². The summed E-state index contributed by atoms with van der Waals surface area (Å²) >= 11 is 0. The first-order chi connectivity index (χ1) is 8.72. The van der Waals surface area contributed by atoms with Crippen LogP contribution in [0, 0.1) is 0 Å².